The summed E-state index contributed by atoms with van der Waals surface area (Å²) in [6.45, 7) is 5.01. The van der Waals surface area contributed by atoms with Crippen LogP contribution in [0.25, 0.3) is 0 Å². The van der Waals surface area contributed by atoms with Crippen molar-refractivity contribution in [3.05, 3.63) is 41.5 Å². The Morgan fingerprint density at radius 2 is 2.12 bits per heavy atom. The Kier molecular flexibility index (Phi) is 3.63. The lowest BCUT2D eigenvalue weighted by atomic mass is 10.1. The van der Waals surface area contributed by atoms with Crippen LogP contribution in [0.2, 0.25) is 0 Å². The van der Waals surface area contributed by atoms with Gasteiger partial charge in [0.15, 0.2) is 11.5 Å². The fraction of sp³-hybridized carbons (Fsp3) is 0.474. The maximum Gasteiger partial charge on any atom is 0.271 e. The molecule has 1 N–H and O–H groups in total. The highest BCUT2D eigenvalue weighted by atomic mass is 16.7. The van der Waals surface area contributed by atoms with Gasteiger partial charge in [-0.3, -0.25) is 9.69 Å². The number of fused-ring (bicyclic) bond motifs is 2. The zero-order chi connectivity index (χ0) is 17.7. The number of aromatic nitrogens is 2. The predicted molar refractivity (Wildman–Crippen MR) is 94.1 cm³/mol. The number of amides is 1. The Balaban J connectivity index is 1.32. The molecule has 2 aromatic rings. The minimum Gasteiger partial charge on any atom is -0.454 e. The molecular formula is C19H22N4O3. The zero-order valence-electron chi connectivity index (χ0n) is 14.8. The van der Waals surface area contributed by atoms with Crippen molar-refractivity contribution in [3.8, 4) is 11.5 Å². The second-order valence-electron chi connectivity index (χ2n) is 7.26. The summed E-state index contributed by atoms with van der Waals surface area (Å²) in [5.41, 5.74) is 1.72. The molecule has 1 amide bonds. The van der Waals surface area contributed by atoms with Crippen LogP contribution in [0.1, 0.15) is 47.7 Å². The predicted octanol–water partition coefficient (Wildman–Crippen LogP) is 2.08. The number of rotatable bonds is 4. The highest BCUT2D eigenvalue weighted by Crippen LogP contribution is 2.34. The summed E-state index contributed by atoms with van der Waals surface area (Å²) in [6.07, 6.45) is 4.06. The van der Waals surface area contributed by atoms with Gasteiger partial charge >= 0.3 is 0 Å². The summed E-state index contributed by atoms with van der Waals surface area (Å²) in [6, 6.07) is 6.59. The van der Waals surface area contributed by atoms with Crippen molar-refractivity contribution in [3.63, 3.8) is 0 Å². The Morgan fingerprint density at radius 1 is 1.27 bits per heavy atom. The van der Waals surface area contributed by atoms with Crippen molar-refractivity contribution in [2.75, 3.05) is 13.3 Å². The van der Waals surface area contributed by atoms with Gasteiger partial charge in [-0.15, -0.1) is 0 Å². The molecule has 0 spiro atoms. The number of nitrogens with zero attached hydrogens (tertiary/aromatic N) is 3. The third kappa shape index (κ3) is 2.82. The third-order valence-electron chi connectivity index (χ3n) is 5.32. The van der Waals surface area contributed by atoms with Gasteiger partial charge in [-0.05, 0) is 37.5 Å². The van der Waals surface area contributed by atoms with E-state index in [1.807, 2.05) is 18.3 Å². The lowest BCUT2D eigenvalue weighted by molar-refractivity contribution is 0.0946. The number of carbonyl (C=O) groups excluding carboxylic acids is 1. The van der Waals surface area contributed by atoms with E-state index in [0.717, 1.165) is 49.8 Å². The molecular weight excluding hydrogens is 332 g/mol. The minimum absolute atomic E-state index is 0.0519. The van der Waals surface area contributed by atoms with Crippen molar-refractivity contribution >= 4 is 5.91 Å². The van der Waals surface area contributed by atoms with E-state index >= 15 is 0 Å². The van der Waals surface area contributed by atoms with E-state index in [4.69, 9.17) is 9.47 Å². The van der Waals surface area contributed by atoms with Crippen molar-refractivity contribution in [1.29, 1.82) is 0 Å². The molecule has 1 saturated carbocycles. The summed E-state index contributed by atoms with van der Waals surface area (Å²) in [5, 5.41) is 3.01. The molecule has 26 heavy (non-hydrogen) atoms. The van der Waals surface area contributed by atoms with Crippen LogP contribution in [-0.2, 0) is 13.1 Å². The first-order valence-corrected chi connectivity index (χ1v) is 9.18. The van der Waals surface area contributed by atoms with Crippen LogP contribution in [0.15, 0.2) is 24.4 Å². The topological polar surface area (TPSA) is 68.6 Å². The van der Waals surface area contributed by atoms with E-state index in [2.05, 4.69) is 32.8 Å². The molecule has 3 heterocycles. The summed E-state index contributed by atoms with van der Waals surface area (Å²) in [5.74, 6) is 2.52. The lowest BCUT2D eigenvalue weighted by Crippen LogP contribution is -2.36. The van der Waals surface area contributed by atoms with Crippen molar-refractivity contribution < 1.29 is 14.3 Å². The molecule has 7 nitrogen and oxygen atoms in total. The second kappa shape index (κ2) is 6.02. The van der Waals surface area contributed by atoms with Crippen molar-refractivity contribution in [1.82, 2.24) is 19.8 Å². The Hall–Kier alpha value is -2.54. The molecule has 0 bridgehead atoms. The molecule has 1 aromatic carbocycles. The fourth-order valence-corrected chi connectivity index (χ4v) is 3.62. The quantitative estimate of drug-likeness (QED) is 0.910. The molecule has 5 rings (SSSR count). The first-order chi connectivity index (χ1) is 12.7. The normalized spacial score (nSPS) is 21.5. The van der Waals surface area contributed by atoms with Gasteiger partial charge in [0.05, 0.1) is 6.04 Å². The van der Waals surface area contributed by atoms with Crippen LogP contribution in [0.3, 0.4) is 0 Å². The number of hydrogen-bond donors (Lipinski definition) is 1. The van der Waals surface area contributed by atoms with Gasteiger partial charge in [-0.1, -0.05) is 6.07 Å². The van der Waals surface area contributed by atoms with E-state index < -0.39 is 0 Å². The third-order valence-corrected chi connectivity index (χ3v) is 5.32. The van der Waals surface area contributed by atoms with E-state index in [0.29, 0.717) is 18.5 Å². The maximum absolute atomic E-state index is 12.3. The summed E-state index contributed by atoms with van der Waals surface area (Å²) >= 11 is 0. The van der Waals surface area contributed by atoms with Crippen LogP contribution in [0.5, 0.6) is 11.5 Å². The molecule has 0 saturated heterocycles. The minimum atomic E-state index is -0.0519. The van der Waals surface area contributed by atoms with Gasteiger partial charge in [-0.25, -0.2) is 4.98 Å². The molecule has 7 heteroatoms. The van der Waals surface area contributed by atoms with Gasteiger partial charge in [0, 0.05) is 31.9 Å². The first-order valence-electron chi connectivity index (χ1n) is 9.18. The van der Waals surface area contributed by atoms with Gasteiger partial charge in [0.25, 0.3) is 5.91 Å². The van der Waals surface area contributed by atoms with E-state index in [1.165, 1.54) is 5.56 Å². The SMILES string of the molecule is CC1c2nc(C(=O)NC3CC3)cn2CCN1Cc1ccc2c(c1)OCO2. The molecule has 136 valence electrons. The molecule has 3 aliphatic rings. The molecule has 1 aromatic heterocycles. The highest BCUT2D eigenvalue weighted by Gasteiger charge is 2.30. The van der Waals surface area contributed by atoms with Crippen LogP contribution >= 0.6 is 0 Å². The zero-order valence-corrected chi connectivity index (χ0v) is 14.8. The van der Waals surface area contributed by atoms with E-state index in [-0.39, 0.29) is 11.9 Å². The molecule has 0 radical (unpaired) electrons. The molecule has 2 aliphatic heterocycles. The fourth-order valence-electron chi connectivity index (χ4n) is 3.62. The summed E-state index contributed by atoms with van der Waals surface area (Å²) < 4.78 is 13.0. The standard InChI is InChI=1S/C19H22N4O3/c1-12-18-21-15(19(24)20-14-3-4-14)10-23(18)7-6-22(12)9-13-2-5-16-17(8-13)26-11-25-16/h2,5,8,10,12,14H,3-4,6-7,9,11H2,1H3,(H,20,24). The molecule has 1 aliphatic carbocycles. The Morgan fingerprint density at radius 3 is 2.96 bits per heavy atom. The van der Waals surface area contributed by atoms with Crippen LogP contribution < -0.4 is 14.8 Å². The maximum atomic E-state index is 12.3. The van der Waals surface area contributed by atoms with Gasteiger partial charge < -0.3 is 19.4 Å². The van der Waals surface area contributed by atoms with Crippen LogP contribution in [0, 0.1) is 0 Å². The molecule has 1 unspecified atom stereocenters. The lowest BCUT2D eigenvalue weighted by Gasteiger charge is -2.33. The van der Waals surface area contributed by atoms with Gasteiger partial charge in [0.1, 0.15) is 11.5 Å². The number of carbonyl (C=O) groups is 1. The van der Waals surface area contributed by atoms with E-state index in [9.17, 15) is 4.79 Å². The second-order valence-corrected chi connectivity index (χ2v) is 7.26. The number of imidazole rings is 1. The molecule has 1 atom stereocenters. The Labute approximate surface area is 151 Å². The Bertz CT molecular complexity index is 858. The first kappa shape index (κ1) is 15.7. The van der Waals surface area contributed by atoms with Gasteiger partial charge in [-0.2, -0.15) is 0 Å². The van der Waals surface area contributed by atoms with Crippen LogP contribution in [0.4, 0.5) is 0 Å². The summed E-state index contributed by atoms with van der Waals surface area (Å²) in [4.78, 5) is 19.3. The number of hydrogen-bond acceptors (Lipinski definition) is 5. The van der Waals surface area contributed by atoms with Crippen molar-refractivity contribution in [2.24, 2.45) is 0 Å². The number of benzene rings is 1. The summed E-state index contributed by atoms with van der Waals surface area (Å²) in [7, 11) is 0. The van der Waals surface area contributed by atoms with Crippen molar-refractivity contribution in [2.45, 2.75) is 44.9 Å². The van der Waals surface area contributed by atoms with Gasteiger partial charge in [0.2, 0.25) is 6.79 Å². The molecule has 1 fully saturated rings. The highest BCUT2D eigenvalue weighted by molar-refractivity contribution is 5.92. The average molecular weight is 354 g/mol. The smallest absolute Gasteiger partial charge is 0.271 e. The number of nitrogens with one attached hydrogen (secondary N) is 1. The monoisotopic (exact) mass is 354 g/mol. The van der Waals surface area contributed by atoms with Crippen LogP contribution in [-0.4, -0.2) is 39.7 Å². The number of ether oxygens (including phenoxy) is 2. The average Bonchev–Trinajstić information content (AvgIpc) is 3.16. The largest absolute Gasteiger partial charge is 0.454 e. The van der Waals surface area contributed by atoms with E-state index in [1.54, 1.807) is 0 Å².